The van der Waals surface area contributed by atoms with Crippen molar-refractivity contribution in [3.05, 3.63) is 35.6 Å². The van der Waals surface area contributed by atoms with Crippen LogP contribution >= 0.6 is 0 Å². The van der Waals surface area contributed by atoms with Crippen molar-refractivity contribution in [3.63, 3.8) is 0 Å². The molecule has 104 valence electrons. The van der Waals surface area contributed by atoms with Crippen LogP contribution in [0.5, 0.6) is 0 Å². The van der Waals surface area contributed by atoms with E-state index >= 15 is 0 Å². The van der Waals surface area contributed by atoms with Crippen LogP contribution in [0.1, 0.15) is 69.8 Å². The number of halogens is 1. The van der Waals surface area contributed by atoms with Crippen LogP contribution in [0.25, 0.3) is 0 Å². The molecule has 19 heavy (non-hydrogen) atoms. The molecule has 0 spiro atoms. The zero-order valence-electron chi connectivity index (χ0n) is 11.8. The molecule has 0 saturated heterocycles. The number of hydrogen-bond donors (Lipinski definition) is 0. The predicted molar refractivity (Wildman–Crippen MR) is 77.7 cm³/mol. The molecule has 0 aromatic heterocycles. The lowest BCUT2D eigenvalue weighted by molar-refractivity contribution is 0.144. The fourth-order valence-corrected chi connectivity index (χ4v) is 4.60. The van der Waals surface area contributed by atoms with Crippen LogP contribution < -0.4 is 0 Å². The fraction of sp³-hybridized carbons (Fsp3) is 0.667. The fourth-order valence-electron chi connectivity index (χ4n) is 4.60. The van der Waals surface area contributed by atoms with Gasteiger partial charge in [-0.1, -0.05) is 56.7 Å². The molecule has 2 aliphatic rings. The number of benzene rings is 1. The van der Waals surface area contributed by atoms with Crippen LogP contribution in [0.3, 0.4) is 0 Å². The first-order valence-electron chi connectivity index (χ1n) is 8.08. The molecule has 0 atom stereocenters. The molecular formula is C18H25F. The lowest BCUT2D eigenvalue weighted by atomic mass is 9.58. The minimum atomic E-state index is 0.0370. The Labute approximate surface area is 116 Å². The number of hydrogen-bond acceptors (Lipinski definition) is 0. The summed E-state index contributed by atoms with van der Waals surface area (Å²) in [4.78, 5) is 0. The predicted octanol–water partition coefficient (Wildman–Crippen LogP) is 5.61. The summed E-state index contributed by atoms with van der Waals surface area (Å²) < 4.78 is 14.4. The summed E-state index contributed by atoms with van der Waals surface area (Å²) in [5.41, 5.74) is 1.19. The van der Waals surface area contributed by atoms with Gasteiger partial charge in [-0.05, 0) is 43.2 Å². The van der Waals surface area contributed by atoms with Gasteiger partial charge in [-0.2, -0.15) is 0 Å². The molecule has 0 radical (unpaired) electrons. The van der Waals surface area contributed by atoms with Gasteiger partial charge in [0.25, 0.3) is 0 Å². The van der Waals surface area contributed by atoms with Crippen LogP contribution in [0.15, 0.2) is 24.3 Å². The van der Waals surface area contributed by atoms with Gasteiger partial charge in [0, 0.05) is 5.41 Å². The summed E-state index contributed by atoms with van der Waals surface area (Å²) in [5, 5.41) is 0. The molecule has 1 heteroatoms. The Bertz CT molecular complexity index is 411. The minimum Gasteiger partial charge on any atom is -0.207 e. The molecule has 0 heterocycles. The third-order valence-electron chi connectivity index (χ3n) is 5.54. The van der Waals surface area contributed by atoms with Crippen molar-refractivity contribution in [3.8, 4) is 0 Å². The zero-order chi connectivity index (χ0) is 13.1. The van der Waals surface area contributed by atoms with Gasteiger partial charge in [0.15, 0.2) is 0 Å². The summed E-state index contributed by atoms with van der Waals surface area (Å²) in [6.45, 7) is 0. The van der Waals surface area contributed by atoms with Gasteiger partial charge in [0.05, 0.1) is 0 Å². The number of rotatable bonds is 2. The van der Waals surface area contributed by atoms with E-state index in [1.54, 1.807) is 6.07 Å². The van der Waals surface area contributed by atoms with Crippen LogP contribution in [0.2, 0.25) is 0 Å². The molecule has 1 aromatic rings. The van der Waals surface area contributed by atoms with Crippen molar-refractivity contribution < 1.29 is 4.39 Å². The molecule has 0 N–H and O–H groups in total. The summed E-state index contributed by atoms with van der Waals surface area (Å²) >= 11 is 0. The molecule has 0 nitrogen and oxygen atoms in total. The standard InChI is InChI=1S/C18H25F/c19-17-12-6-5-11-16(17)18(13-7-2-8-14-18)15-9-3-1-4-10-15/h5-6,11-12,15H,1-4,7-10,13-14H2. The molecule has 0 aliphatic heterocycles. The maximum absolute atomic E-state index is 14.4. The molecule has 3 rings (SSSR count). The summed E-state index contributed by atoms with van der Waals surface area (Å²) in [6.07, 6.45) is 13.0. The van der Waals surface area contributed by atoms with E-state index in [9.17, 15) is 4.39 Å². The van der Waals surface area contributed by atoms with Crippen molar-refractivity contribution in [1.82, 2.24) is 0 Å². The van der Waals surface area contributed by atoms with Gasteiger partial charge in [0.1, 0.15) is 5.82 Å². The van der Waals surface area contributed by atoms with Gasteiger partial charge in [-0.3, -0.25) is 0 Å². The normalized spacial score (nSPS) is 24.3. The van der Waals surface area contributed by atoms with Crippen molar-refractivity contribution in [2.24, 2.45) is 5.92 Å². The van der Waals surface area contributed by atoms with E-state index in [-0.39, 0.29) is 11.2 Å². The Morgan fingerprint density at radius 2 is 1.47 bits per heavy atom. The SMILES string of the molecule is Fc1ccccc1C1(C2CCCCC2)CCCCC1. The molecule has 2 aliphatic carbocycles. The molecule has 2 fully saturated rings. The molecule has 2 saturated carbocycles. The lowest BCUT2D eigenvalue weighted by Crippen LogP contribution is -2.39. The molecular weight excluding hydrogens is 235 g/mol. The first-order valence-corrected chi connectivity index (χ1v) is 8.08. The van der Waals surface area contributed by atoms with E-state index < -0.39 is 0 Å². The first kappa shape index (κ1) is 13.1. The third kappa shape index (κ3) is 2.44. The average Bonchev–Trinajstić information content (AvgIpc) is 2.49. The maximum Gasteiger partial charge on any atom is 0.126 e. The third-order valence-corrected chi connectivity index (χ3v) is 5.54. The van der Waals surface area contributed by atoms with Gasteiger partial charge in [-0.25, -0.2) is 4.39 Å². The zero-order valence-corrected chi connectivity index (χ0v) is 11.8. The van der Waals surface area contributed by atoms with Crippen molar-refractivity contribution in [2.75, 3.05) is 0 Å². The highest BCUT2D eigenvalue weighted by molar-refractivity contribution is 5.29. The van der Waals surface area contributed by atoms with Crippen LogP contribution in [0, 0.1) is 11.7 Å². The topological polar surface area (TPSA) is 0 Å². The summed E-state index contributed by atoms with van der Waals surface area (Å²) in [5.74, 6) is 0.758. The largest absolute Gasteiger partial charge is 0.207 e. The van der Waals surface area contributed by atoms with Gasteiger partial charge in [0.2, 0.25) is 0 Å². The van der Waals surface area contributed by atoms with Crippen molar-refractivity contribution in [1.29, 1.82) is 0 Å². The Morgan fingerprint density at radius 1 is 0.842 bits per heavy atom. The van der Waals surface area contributed by atoms with Gasteiger partial charge < -0.3 is 0 Å². The van der Waals surface area contributed by atoms with E-state index in [4.69, 9.17) is 0 Å². The second-order valence-electron chi connectivity index (χ2n) is 6.53. The van der Waals surface area contributed by atoms with E-state index in [1.165, 1.54) is 64.2 Å². The smallest absolute Gasteiger partial charge is 0.126 e. The van der Waals surface area contributed by atoms with Gasteiger partial charge >= 0.3 is 0 Å². The molecule has 0 bridgehead atoms. The minimum absolute atomic E-state index is 0.0370. The monoisotopic (exact) mass is 260 g/mol. The van der Waals surface area contributed by atoms with Crippen molar-refractivity contribution >= 4 is 0 Å². The quantitative estimate of drug-likeness (QED) is 0.648. The molecule has 1 aromatic carbocycles. The summed E-state index contributed by atoms with van der Waals surface area (Å²) in [6, 6.07) is 7.58. The van der Waals surface area contributed by atoms with Crippen LogP contribution in [0.4, 0.5) is 4.39 Å². The second-order valence-corrected chi connectivity index (χ2v) is 6.53. The lowest BCUT2D eigenvalue weighted by Gasteiger charge is -2.46. The van der Waals surface area contributed by atoms with Gasteiger partial charge in [-0.15, -0.1) is 0 Å². The second kappa shape index (κ2) is 5.64. The Kier molecular flexibility index (Phi) is 3.91. The highest BCUT2D eigenvalue weighted by Crippen LogP contribution is 2.50. The maximum atomic E-state index is 14.4. The summed E-state index contributed by atoms with van der Waals surface area (Å²) in [7, 11) is 0. The highest BCUT2D eigenvalue weighted by atomic mass is 19.1. The van der Waals surface area contributed by atoms with Crippen LogP contribution in [-0.4, -0.2) is 0 Å². The average molecular weight is 260 g/mol. The molecule has 0 unspecified atom stereocenters. The Morgan fingerprint density at radius 3 is 2.16 bits per heavy atom. The van der Waals surface area contributed by atoms with E-state index in [2.05, 4.69) is 6.07 Å². The molecule has 0 amide bonds. The van der Waals surface area contributed by atoms with E-state index in [1.807, 2.05) is 12.1 Å². The van der Waals surface area contributed by atoms with E-state index in [0.29, 0.717) is 0 Å². The Balaban J connectivity index is 1.98. The first-order chi connectivity index (χ1) is 9.33. The van der Waals surface area contributed by atoms with Crippen molar-refractivity contribution in [2.45, 2.75) is 69.6 Å². The highest BCUT2D eigenvalue weighted by Gasteiger charge is 2.42. The van der Waals surface area contributed by atoms with E-state index in [0.717, 1.165) is 11.5 Å². The Hall–Kier alpha value is -0.850. The van der Waals surface area contributed by atoms with Crippen LogP contribution in [-0.2, 0) is 5.41 Å².